The lowest BCUT2D eigenvalue weighted by atomic mass is 10.1. The predicted molar refractivity (Wildman–Crippen MR) is 53.9 cm³/mol. The molecule has 14 heavy (non-hydrogen) atoms. The van der Waals surface area contributed by atoms with E-state index in [1.165, 1.54) is 7.11 Å². The van der Waals surface area contributed by atoms with Gasteiger partial charge in [0.25, 0.3) is 0 Å². The summed E-state index contributed by atoms with van der Waals surface area (Å²) < 4.78 is 10.4. The van der Waals surface area contributed by atoms with Gasteiger partial charge in [-0.25, -0.2) is 0 Å². The second kappa shape index (κ2) is 3.89. The van der Waals surface area contributed by atoms with Crippen LogP contribution in [0.15, 0.2) is 0 Å². The van der Waals surface area contributed by atoms with Crippen molar-refractivity contribution in [3.63, 3.8) is 0 Å². The molecule has 2 atom stereocenters. The van der Waals surface area contributed by atoms with Gasteiger partial charge in [-0.3, -0.25) is 4.79 Å². The summed E-state index contributed by atoms with van der Waals surface area (Å²) >= 11 is 0. The SMILES string of the molecule is COC(=O)C1C(OCC(C)C)C1(C)C. The van der Waals surface area contributed by atoms with Crippen molar-refractivity contribution < 1.29 is 14.3 Å². The highest BCUT2D eigenvalue weighted by Gasteiger charge is 2.64. The molecule has 3 nitrogen and oxygen atoms in total. The van der Waals surface area contributed by atoms with Crippen LogP contribution in [-0.2, 0) is 14.3 Å². The Labute approximate surface area is 85.8 Å². The fourth-order valence-corrected chi connectivity index (χ4v) is 1.75. The van der Waals surface area contributed by atoms with E-state index in [1.807, 2.05) is 13.8 Å². The third kappa shape index (κ3) is 2.08. The summed E-state index contributed by atoms with van der Waals surface area (Å²) in [5.74, 6) is 0.278. The monoisotopic (exact) mass is 200 g/mol. The van der Waals surface area contributed by atoms with E-state index in [2.05, 4.69) is 13.8 Å². The molecule has 3 heteroatoms. The molecule has 0 aromatic carbocycles. The van der Waals surface area contributed by atoms with Gasteiger partial charge in [-0.2, -0.15) is 0 Å². The van der Waals surface area contributed by atoms with Crippen LogP contribution in [0.25, 0.3) is 0 Å². The lowest BCUT2D eigenvalue weighted by Crippen LogP contribution is -2.10. The molecule has 0 aromatic rings. The van der Waals surface area contributed by atoms with E-state index >= 15 is 0 Å². The summed E-state index contributed by atoms with van der Waals surface area (Å²) in [5, 5.41) is 0. The first-order valence-corrected chi connectivity index (χ1v) is 5.10. The minimum absolute atomic E-state index is 0.0392. The molecule has 0 bridgehead atoms. The quantitative estimate of drug-likeness (QED) is 0.650. The maximum absolute atomic E-state index is 11.3. The third-order valence-corrected chi connectivity index (χ3v) is 2.79. The van der Waals surface area contributed by atoms with Gasteiger partial charge in [0, 0.05) is 12.0 Å². The van der Waals surface area contributed by atoms with Crippen LogP contribution in [0.4, 0.5) is 0 Å². The lowest BCUT2D eigenvalue weighted by molar-refractivity contribution is -0.143. The molecule has 1 fully saturated rings. The number of methoxy groups -OCH3 is 1. The molecule has 1 rings (SSSR count). The summed E-state index contributed by atoms with van der Waals surface area (Å²) in [6, 6.07) is 0. The molecule has 0 radical (unpaired) electrons. The van der Waals surface area contributed by atoms with Gasteiger partial charge in [0.15, 0.2) is 0 Å². The second-order valence-corrected chi connectivity index (χ2v) is 4.97. The molecule has 0 aliphatic heterocycles. The fourth-order valence-electron chi connectivity index (χ4n) is 1.75. The Balaban J connectivity index is 2.45. The molecule has 0 aromatic heterocycles. The molecule has 1 aliphatic rings. The fraction of sp³-hybridized carbons (Fsp3) is 0.909. The zero-order chi connectivity index (χ0) is 10.9. The van der Waals surface area contributed by atoms with Crippen LogP contribution in [0.1, 0.15) is 27.7 Å². The van der Waals surface area contributed by atoms with Crippen LogP contribution in [0.2, 0.25) is 0 Å². The van der Waals surface area contributed by atoms with Gasteiger partial charge in [-0.05, 0) is 5.92 Å². The minimum Gasteiger partial charge on any atom is -0.469 e. The number of carbonyl (C=O) groups excluding carboxylic acids is 1. The topological polar surface area (TPSA) is 35.5 Å². The largest absolute Gasteiger partial charge is 0.469 e. The molecule has 0 N–H and O–H groups in total. The Bertz CT molecular complexity index is 221. The van der Waals surface area contributed by atoms with Gasteiger partial charge in [0.1, 0.15) is 0 Å². The van der Waals surface area contributed by atoms with E-state index in [0.29, 0.717) is 12.5 Å². The molecule has 1 aliphatic carbocycles. The molecular weight excluding hydrogens is 180 g/mol. The average molecular weight is 200 g/mol. The first kappa shape index (κ1) is 11.5. The van der Waals surface area contributed by atoms with Crippen molar-refractivity contribution >= 4 is 5.97 Å². The number of esters is 1. The predicted octanol–water partition coefficient (Wildman–Crippen LogP) is 1.86. The highest BCUT2D eigenvalue weighted by molar-refractivity contribution is 5.78. The van der Waals surface area contributed by atoms with E-state index in [-0.39, 0.29) is 23.4 Å². The van der Waals surface area contributed by atoms with Crippen LogP contribution >= 0.6 is 0 Å². The van der Waals surface area contributed by atoms with E-state index < -0.39 is 0 Å². The Morgan fingerprint density at radius 2 is 2.00 bits per heavy atom. The number of carbonyl (C=O) groups is 1. The zero-order valence-corrected chi connectivity index (χ0v) is 9.66. The summed E-state index contributed by atoms with van der Waals surface area (Å²) in [6.07, 6.45) is 0.0392. The zero-order valence-electron chi connectivity index (χ0n) is 9.66. The van der Waals surface area contributed by atoms with Crippen LogP contribution in [0, 0.1) is 17.3 Å². The van der Waals surface area contributed by atoms with Gasteiger partial charge in [0.2, 0.25) is 0 Å². The molecular formula is C11H20O3. The van der Waals surface area contributed by atoms with Crippen LogP contribution in [0.5, 0.6) is 0 Å². The first-order valence-electron chi connectivity index (χ1n) is 5.10. The maximum atomic E-state index is 11.3. The molecule has 0 saturated heterocycles. The normalized spacial score (nSPS) is 29.0. The molecule has 0 amide bonds. The minimum atomic E-state index is -0.149. The van der Waals surface area contributed by atoms with Crippen LogP contribution < -0.4 is 0 Å². The highest BCUT2D eigenvalue weighted by atomic mass is 16.5. The van der Waals surface area contributed by atoms with E-state index in [4.69, 9.17) is 9.47 Å². The second-order valence-electron chi connectivity index (χ2n) is 4.97. The summed E-state index contributed by atoms with van der Waals surface area (Å²) in [4.78, 5) is 11.3. The summed E-state index contributed by atoms with van der Waals surface area (Å²) in [7, 11) is 1.43. The molecule has 2 unspecified atom stereocenters. The van der Waals surface area contributed by atoms with Crippen molar-refractivity contribution in [3.8, 4) is 0 Å². The molecule has 0 heterocycles. The number of ether oxygens (including phenoxy) is 2. The number of hydrogen-bond donors (Lipinski definition) is 0. The summed E-state index contributed by atoms with van der Waals surface area (Å²) in [5.41, 5.74) is -0.0536. The Morgan fingerprint density at radius 3 is 2.43 bits per heavy atom. The Morgan fingerprint density at radius 1 is 1.43 bits per heavy atom. The van der Waals surface area contributed by atoms with Crippen molar-refractivity contribution in [1.29, 1.82) is 0 Å². The van der Waals surface area contributed by atoms with Crippen molar-refractivity contribution in [3.05, 3.63) is 0 Å². The molecule has 82 valence electrons. The van der Waals surface area contributed by atoms with Crippen LogP contribution in [0.3, 0.4) is 0 Å². The molecule has 1 saturated carbocycles. The van der Waals surface area contributed by atoms with E-state index in [1.54, 1.807) is 0 Å². The van der Waals surface area contributed by atoms with Gasteiger partial charge in [0.05, 0.1) is 19.1 Å². The Hall–Kier alpha value is -0.570. The van der Waals surface area contributed by atoms with Crippen molar-refractivity contribution in [2.24, 2.45) is 17.3 Å². The van der Waals surface area contributed by atoms with Crippen molar-refractivity contribution in [2.45, 2.75) is 33.8 Å². The standard InChI is InChI=1S/C11H20O3/c1-7(2)6-14-9-8(10(12)13-5)11(9,3)4/h7-9H,6H2,1-5H3. The van der Waals surface area contributed by atoms with Gasteiger partial charge >= 0.3 is 5.97 Å². The van der Waals surface area contributed by atoms with E-state index in [9.17, 15) is 4.79 Å². The number of rotatable bonds is 4. The van der Waals surface area contributed by atoms with Crippen molar-refractivity contribution in [1.82, 2.24) is 0 Å². The lowest BCUT2D eigenvalue weighted by Gasteiger charge is -2.07. The molecule has 0 spiro atoms. The highest BCUT2D eigenvalue weighted by Crippen LogP contribution is 2.54. The van der Waals surface area contributed by atoms with E-state index in [0.717, 1.165) is 0 Å². The first-order chi connectivity index (χ1) is 6.41. The van der Waals surface area contributed by atoms with Gasteiger partial charge in [-0.15, -0.1) is 0 Å². The third-order valence-electron chi connectivity index (χ3n) is 2.79. The Kier molecular flexibility index (Phi) is 3.20. The van der Waals surface area contributed by atoms with Crippen molar-refractivity contribution in [2.75, 3.05) is 13.7 Å². The average Bonchev–Trinajstić information content (AvgIpc) is 2.63. The maximum Gasteiger partial charge on any atom is 0.311 e. The van der Waals surface area contributed by atoms with Gasteiger partial charge in [-0.1, -0.05) is 27.7 Å². The van der Waals surface area contributed by atoms with Crippen LogP contribution in [-0.4, -0.2) is 25.8 Å². The number of hydrogen-bond acceptors (Lipinski definition) is 3. The van der Waals surface area contributed by atoms with Gasteiger partial charge < -0.3 is 9.47 Å². The smallest absolute Gasteiger partial charge is 0.311 e. The summed E-state index contributed by atoms with van der Waals surface area (Å²) in [6.45, 7) is 8.99.